The highest BCUT2D eigenvalue weighted by Crippen LogP contribution is 2.18. The molecule has 0 saturated heterocycles. The molecule has 1 atom stereocenters. The molecule has 0 spiro atoms. The van der Waals surface area contributed by atoms with Gasteiger partial charge in [0.25, 0.3) is 0 Å². The fourth-order valence-electron chi connectivity index (χ4n) is 9.15. The Morgan fingerprint density at radius 2 is 0.415 bits per heavy atom. The Hall–Kier alpha value is -1.59. The number of rotatable bonds is 55. The van der Waals surface area contributed by atoms with Gasteiger partial charge in [-0.05, 0) is 19.3 Å². The van der Waals surface area contributed by atoms with Crippen molar-refractivity contribution >= 4 is 17.9 Å². The van der Waals surface area contributed by atoms with Crippen LogP contribution in [0.4, 0.5) is 0 Å². The van der Waals surface area contributed by atoms with Gasteiger partial charge in [0, 0.05) is 19.3 Å². The van der Waals surface area contributed by atoms with Crippen molar-refractivity contribution in [1.29, 1.82) is 0 Å². The lowest BCUT2D eigenvalue weighted by molar-refractivity contribution is -0.167. The molecule has 386 valence electrons. The second-order valence-electron chi connectivity index (χ2n) is 20.3. The average molecular weight is 920 g/mol. The predicted octanol–water partition coefficient (Wildman–Crippen LogP) is 19.5. The summed E-state index contributed by atoms with van der Waals surface area (Å²) in [7, 11) is 0. The van der Waals surface area contributed by atoms with E-state index in [1.807, 2.05) is 0 Å². The van der Waals surface area contributed by atoms with Gasteiger partial charge < -0.3 is 14.2 Å². The van der Waals surface area contributed by atoms with Crippen molar-refractivity contribution in [3.63, 3.8) is 0 Å². The van der Waals surface area contributed by atoms with E-state index in [1.165, 1.54) is 244 Å². The van der Waals surface area contributed by atoms with Gasteiger partial charge >= 0.3 is 17.9 Å². The molecule has 0 bridgehead atoms. The second-order valence-corrected chi connectivity index (χ2v) is 20.3. The molecule has 0 amide bonds. The van der Waals surface area contributed by atoms with Crippen molar-refractivity contribution < 1.29 is 28.6 Å². The molecule has 0 N–H and O–H groups in total. The van der Waals surface area contributed by atoms with E-state index < -0.39 is 6.10 Å². The van der Waals surface area contributed by atoms with Crippen LogP contribution < -0.4 is 0 Å². The largest absolute Gasteiger partial charge is 0.462 e. The molecule has 65 heavy (non-hydrogen) atoms. The monoisotopic (exact) mass is 919 g/mol. The van der Waals surface area contributed by atoms with Crippen molar-refractivity contribution in [3.05, 3.63) is 0 Å². The van der Waals surface area contributed by atoms with E-state index in [-0.39, 0.29) is 31.1 Å². The zero-order valence-electron chi connectivity index (χ0n) is 44.3. The van der Waals surface area contributed by atoms with Crippen LogP contribution in [0, 0.1) is 0 Å². The van der Waals surface area contributed by atoms with E-state index in [2.05, 4.69) is 20.8 Å². The first-order valence-electron chi connectivity index (χ1n) is 29.5. The van der Waals surface area contributed by atoms with Gasteiger partial charge in [-0.3, -0.25) is 14.4 Å². The second kappa shape index (κ2) is 55.0. The maximum absolute atomic E-state index is 12.8. The van der Waals surface area contributed by atoms with Crippen LogP contribution in [0.15, 0.2) is 0 Å². The summed E-state index contributed by atoms with van der Waals surface area (Å²) in [5.74, 6) is -0.839. The Kier molecular flexibility index (Phi) is 53.7. The molecule has 0 aliphatic carbocycles. The number of unbranched alkanes of at least 4 members (excludes halogenated alkanes) is 44. The Balaban J connectivity index is 4.09. The van der Waals surface area contributed by atoms with Gasteiger partial charge in [-0.15, -0.1) is 0 Å². The van der Waals surface area contributed by atoms with Crippen LogP contribution in [0.2, 0.25) is 0 Å². The molecule has 0 aliphatic rings. The summed E-state index contributed by atoms with van der Waals surface area (Å²) in [6, 6.07) is 0. The van der Waals surface area contributed by atoms with Gasteiger partial charge in [0.05, 0.1) is 0 Å². The van der Waals surface area contributed by atoms with Crippen molar-refractivity contribution in [1.82, 2.24) is 0 Å². The van der Waals surface area contributed by atoms with E-state index in [9.17, 15) is 14.4 Å². The van der Waals surface area contributed by atoms with Crippen LogP contribution >= 0.6 is 0 Å². The van der Waals surface area contributed by atoms with E-state index in [1.54, 1.807) is 0 Å². The first-order valence-corrected chi connectivity index (χ1v) is 29.5. The quantitative estimate of drug-likeness (QED) is 0.0344. The highest BCUT2D eigenvalue weighted by atomic mass is 16.6. The van der Waals surface area contributed by atoms with Crippen LogP contribution in [0.1, 0.15) is 342 Å². The Labute approximate surface area is 406 Å². The lowest BCUT2D eigenvalue weighted by atomic mass is 10.0. The van der Waals surface area contributed by atoms with Crippen molar-refractivity contribution in [2.24, 2.45) is 0 Å². The van der Waals surface area contributed by atoms with E-state index in [0.717, 1.165) is 57.8 Å². The molecule has 6 nitrogen and oxygen atoms in total. The molecule has 0 heterocycles. The molecular weight excluding hydrogens is 805 g/mol. The molecule has 0 aromatic heterocycles. The number of esters is 3. The predicted molar refractivity (Wildman–Crippen MR) is 280 cm³/mol. The number of carbonyl (C=O) groups is 3. The first-order chi connectivity index (χ1) is 32.0. The van der Waals surface area contributed by atoms with Gasteiger partial charge in [-0.2, -0.15) is 0 Å². The topological polar surface area (TPSA) is 78.9 Å². The van der Waals surface area contributed by atoms with Crippen LogP contribution in [0.5, 0.6) is 0 Å². The third kappa shape index (κ3) is 53.2. The lowest BCUT2D eigenvalue weighted by Crippen LogP contribution is -2.30. The minimum absolute atomic E-state index is 0.0616. The zero-order chi connectivity index (χ0) is 47.2. The Bertz CT molecular complexity index is 967. The SMILES string of the molecule is CCCCCCCCCCCCCCCCCCCCCCCCCCC(=O)OCC(COC(=O)CCCCCCCCCC)OC(=O)CCCCCCCCCCCCCCCCC. The molecule has 6 heteroatoms. The van der Waals surface area contributed by atoms with Crippen LogP contribution in [0.3, 0.4) is 0 Å². The van der Waals surface area contributed by atoms with Crippen molar-refractivity contribution in [3.8, 4) is 0 Å². The van der Waals surface area contributed by atoms with E-state index in [4.69, 9.17) is 14.2 Å². The summed E-state index contributed by atoms with van der Waals surface area (Å²) >= 11 is 0. The summed E-state index contributed by atoms with van der Waals surface area (Å²) in [4.78, 5) is 38.0. The third-order valence-corrected chi connectivity index (χ3v) is 13.6. The van der Waals surface area contributed by atoms with Gasteiger partial charge in [0.2, 0.25) is 0 Å². The summed E-state index contributed by atoms with van der Waals surface area (Å²) in [6.07, 6.45) is 61.2. The fourth-order valence-corrected chi connectivity index (χ4v) is 9.15. The minimum Gasteiger partial charge on any atom is -0.462 e. The highest BCUT2D eigenvalue weighted by molar-refractivity contribution is 5.71. The number of ether oxygens (including phenoxy) is 3. The van der Waals surface area contributed by atoms with Gasteiger partial charge in [-0.25, -0.2) is 0 Å². The normalized spacial score (nSPS) is 11.9. The maximum atomic E-state index is 12.8. The van der Waals surface area contributed by atoms with Crippen LogP contribution in [0.25, 0.3) is 0 Å². The lowest BCUT2D eigenvalue weighted by Gasteiger charge is -2.18. The Morgan fingerprint density at radius 1 is 0.246 bits per heavy atom. The van der Waals surface area contributed by atoms with E-state index >= 15 is 0 Å². The molecule has 0 saturated carbocycles. The van der Waals surface area contributed by atoms with Crippen LogP contribution in [-0.2, 0) is 28.6 Å². The molecule has 0 aliphatic heterocycles. The third-order valence-electron chi connectivity index (χ3n) is 13.6. The molecule has 0 aromatic rings. The number of carbonyl (C=O) groups excluding carboxylic acids is 3. The molecule has 0 radical (unpaired) electrons. The summed E-state index contributed by atoms with van der Waals surface area (Å²) < 4.78 is 16.8. The zero-order valence-corrected chi connectivity index (χ0v) is 44.3. The maximum Gasteiger partial charge on any atom is 0.306 e. The fraction of sp³-hybridized carbons (Fsp3) is 0.949. The molecule has 0 fully saturated rings. The van der Waals surface area contributed by atoms with Crippen molar-refractivity contribution in [2.45, 2.75) is 348 Å². The molecule has 1 unspecified atom stereocenters. The van der Waals surface area contributed by atoms with Gasteiger partial charge in [0.1, 0.15) is 13.2 Å². The smallest absolute Gasteiger partial charge is 0.306 e. The molecule has 0 aromatic carbocycles. The first kappa shape index (κ1) is 63.4. The number of hydrogen-bond donors (Lipinski definition) is 0. The minimum atomic E-state index is -0.760. The van der Waals surface area contributed by atoms with Gasteiger partial charge in [0.15, 0.2) is 6.10 Å². The van der Waals surface area contributed by atoms with Crippen molar-refractivity contribution in [2.75, 3.05) is 13.2 Å². The molecule has 0 rings (SSSR count). The number of hydrogen-bond acceptors (Lipinski definition) is 6. The average Bonchev–Trinajstić information content (AvgIpc) is 3.30. The highest BCUT2D eigenvalue weighted by Gasteiger charge is 2.19. The van der Waals surface area contributed by atoms with E-state index in [0.29, 0.717) is 19.3 Å². The standard InChI is InChI=1S/C59H114O6/c1-4-7-10-13-16-19-21-23-25-26-27-28-29-30-31-32-33-35-36-38-40-43-46-49-52-58(61)64-55-56(54-63-57(60)51-48-45-42-18-15-12-9-6-3)65-59(62)53-50-47-44-41-39-37-34-24-22-20-17-14-11-8-5-2/h56H,4-55H2,1-3H3. The summed E-state index contributed by atoms with van der Waals surface area (Å²) in [6.45, 7) is 6.68. The summed E-state index contributed by atoms with van der Waals surface area (Å²) in [5.41, 5.74) is 0. The van der Waals surface area contributed by atoms with Crippen LogP contribution in [-0.4, -0.2) is 37.2 Å². The summed E-state index contributed by atoms with van der Waals surface area (Å²) in [5, 5.41) is 0. The van der Waals surface area contributed by atoms with Gasteiger partial charge in [-0.1, -0.05) is 303 Å². The molecular formula is C59H114O6. The Morgan fingerprint density at radius 3 is 0.615 bits per heavy atom.